The topological polar surface area (TPSA) is 23.5 Å². The van der Waals surface area contributed by atoms with Gasteiger partial charge in [-0.3, -0.25) is 0 Å². The van der Waals surface area contributed by atoms with Gasteiger partial charge in [-0.2, -0.15) is 0 Å². The second-order valence-electron chi connectivity index (χ2n) is 7.04. The zero-order valence-corrected chi connectivity index (χ0v) is 12.3. The molecule has 0 aliphatic heterocycles. The first-order valence-electron chi connectivity index (χ1n) is 8.00. The van der Waals surface area contributed by atoms with Crippen molar-refractivity contribution < 1.29 is 5.11 Å². The maximum atomic E-state index is 9.92. The van der Waals surface area contributed by atoms with E-state index in [1.807, 2.05) is 0 Å². The fraction of sp³-hybridized carbons (Fsp3) is 1.00. The van der Waals surface area contributed by atoms with Crippen molar-refractivity contribution >= 4 is 0 Å². The molecule has 2 aliphatic carbocycles. The summed E-state index contributed by atoms with van der Waals surface area (Å²) in [6, 6.07) is 0.622. The average molecular weight is 253 g/mol. The Bertz CT molecular complexity index is 239. The van der Waals surface area contributed by atoms with Crippen molar-refractivity contribution in [1.29, 1.82) is 0 Å². The molecule has 2 rings (SSSR count). The van der Waals surface area contributed by atoms with Gasteiger partial charge < -0.3 is 10.0 Å². The monoisotopic (exact) mass is 253 g/mol. The van der Waals surface area contributed by atoms with E-state index in [2.05, 4.69) is 18.7 Å². The number of hydrogen-bond acceptors (Lipinski definition) is 2. The van der Waals surface area contributed by atoms with Gasteiger partial charge in [0.2, 0.25) is 0 Å². The smallest absolute Gasteiger partial charge is 0.0499 e. The van der Waals surface area contributed by atoms with Crippen LogP contribution in [0.2, 0.25) is 0 Å². The van der Waals surface area contributed by atoms with Gasteiger partial charge in [0.1, 0.15) is 0 Å². The lowest BCUT2D eigenvalue weighted by molar-refractivity contribution is 0.0451. The zero-order chi connectivity index (χ0) is 13.0. The summed E-state index contributed by atoms with van der Waals surface area (Å²) in [7, 11) is 0. The van der Waals surface area contributed by atoms with Gasteiger partial charge in [0.25, 0.3) is 0 Å². The highest BCUT2D eigenvalue weighted by atomic mass is 16.3. The van der Waals surface area contributed by atoms with Crippen molar-refractivity contribution in [3.05, 3.63) is 0 Å². The van der Waals surface area contributed by atoms with E-state index >= 15 is 0 Å². The molecule has 1 N–H and O–H groups in total. The molecule has 2 fully saturated rings. The molecular formula is C16H31NO. The lowest BCUT2D eigenvalue weighted by Crippen LogP contribution is -2.44. The molecule has 0 bridgehead atoms. The van der Waals surface area contributed by atoms with Crippen molar-refractivity contribution in [2.75, 3.05) is 19.7 Å². The van der Waals surface area contributed by atoms with E-state index in [0.29, 0.717) is 12.6 Å². The number of rotatable bonds is 6. The standard InChI is InChI=1S/C16H31NO/c1-14(2)17(11-15-7-8-15)12-16(13-18)9-5-3-4-6-10-16/h14-15,18H,3-13H2,1-2H3. The Hall–Kier alpha value is -0.0800. The van der Waals surface area contributed by atoms with Gasteiger partial charge in [0, 0.05) is 31.2 Å². The summed E-state index contributed by atoms with van der Waals surface area (Å²) in [6.45, 7) is 7.40. The fourth-order valence-electron chi connectivity index (χ4n) is 3.37. The van der Waals surface area contributed by atoms with E-state index in [-0.39, 0.29) is 5.41 Å². The third-order valence-corrected chi connectivity index (χ3v) is 4.96. The molecular weight excluding hydrogens is 222 g/mol. The van der Waals surface area contributed by atoms with Crippen LogP contribution in [0.25, 0.3) is 0 Å². The minimum Gasteiger partial charge on any atom is -0.396 e. The Kier molecular flexibility index (Phi) is 5.08. The van der Waals surface area contributed by atoms with E-state index in [1.165, 1.54) is 57.9 Å². The van der Waals surface area contributed by atoms with E-state index < -0.39 is 0 Å². The van der Waals surface area contributed by atoms with Gasteiger partial charge in [-0.05, 0) is 45.4 Å². The Morgan fingerprint density at radius 2 is 1.72 bits per heavy atom. The Morgan fingerprint density at radius 3 is 2.17 bits per heavy atom. The predicted octanol–water partition coefficient (Wildman–Crippen LogP) is 3.44. The summed E-state index contributed by atoms with van der Waals surface area (Å²) >= 11 is 0. The number of hydrogen-bond donors (Lipinski definition) is 1. The summed E-state index contributed by atoms with van der Waals surface area (Å²) < 4.78 is 0. The molecule has 0 spiro atoms. The molecule has 0 amide bonds. The van der Waals surface area contributed by atoms with E-state index in [0.717, 1.165) is 12.5 Å². The molecule has 0 atom stereocenters. The van der Waals surface area contributed by atoms with Crippen LogP contribution >= 0.6 is 0 Å². The van der Waals surface area contributed by atoms with Crippen molar-refractivity contribution in [1.82, 2.24) is 4.90 Å². The molecule has 2 saturated carbocycles. The SMILES string of the molecule is CC(C)N(CC1CC1)CC1(CO)CCCCCC1. The van der Waals surface area contributed by atoms with Crippen LogP contribution in [0.15, 0.2) is 0 Å². The minimum absolute atomic E-state index is 0.204. The van der Waals surface area contributed by atoms with Crippen molar-refractivity contribution in [3.8, 4) is 0 Å². The highest BCUT2D eigenvalue weighted by molar-refractivity contribution is 4.87. The van der Waals surface area contributed by atoms with Gasteiger partial charge in [-0.1, -0.05) is 25.7 Å². The van der Waals surface area contributed by atoms with Gasteiger partial charge in [0.15, 0.2) is 0 Å². The van der Waals surface area contributed by atoms with Gasteiger partial charge in [0.05, 0.1) is 0 Å². The van der Waals surface area contributed by atoms with E-state index in [9.17, 15) is 5.11 Å². The molecule has 106 valence electrons. The molecule has 2 aliphatic rings. The summed E-state index contributed by atoms with van der Waals surface area (Å²) in [5, 5.41) is 9.92. The lowest BCUT2D eigenvalue weighted by Gasteiger charge is -2.38. The normalized spacial score (nSPS) is 24.5. The third-order valence-electron chi connectivity index (χ3n) is 4.96. The van der Waals surface area contributed by atoms with E-state index in [1.54, 1.807) is 0 Å². The van der Waals surface area contributed by atoms with Crippen LogP contribution in [0.4, 0.5) is 0 Å². The Labute approximate surface area is 113 Å². The van der Waals surface area contributed by atoms with Crippen LogP contribution in [0.5, 0.6) is 0 Å². The van der Waals surface area contributed by atoms with E-state index in [4.69, 9.17) is 0 Å². The quantitative estimate of drug-likeness (QED) is 0.733. The van der Waals surface area contributed by atoms with Crippen molar-refractivity contribution in [3.63, 3.8) is 0 Å². The third kappa shape index (κ3) is 3.96. The molecule has 0 heterocycles. The Balaban J connectivity index is 1.95. The van der Waals surface area contributed by atoms with Crippen LogP contribution in [-0.4, -0.2) is 35.7 Å². The predicted molar refractivity (Wildman–Crippen MR) is 76.7 cm³/mol. The molecule has 0 aromatic heterocycles. The van der Waals surface area contributed by atoms with Gasteiger partial charge >= 0.3 is 0 Å². The molecule has 0 aromatic rings. The van der Waals surface area contributed by atoms with Crippen molar-refractivity contribution in [2.45, 2.75) is 71.3 Å². The molecule has 2 nitrogen and oxygen atoms in total. The van der Waals surface area contributed by atoms with Crippen molar-refractivity contribution in [2.24, 2.45) is 11.3 Å². The summed E-state index contributed by atoms with van der Waals surface area (Å²) in [5.74, 6) is 0.953. The summed E-state index contributed by atoms with van der Waals surface area (Å²) in [6.07, 6.45) is 10.7. The zero-order valence-electron chi connectivity index (χ0n) is 12.3. The molecule has 0 unspecified atom stereocenters. The number of aliphatic hydroxyl groups is 1. The lowest BCUT2D eigenvalue weighted by atomic mass is 9.80. The molecule has 2 heteroatoms. The number of aliphatic hydroxyl groups excluding tert-OH is 1. The Morgan fingerprint density at radius 1 is 1.11 bits per heavy atom. The molecule has 0 aromatic carbocycles. The second kappa shape index (κ2) is 6.38. The number of nitrogens with zero attached hydrogens (tertiary/aromatic N) is 1. The van der Waals surface area contributed by atoms with Gasteiger partial charge in [-0.25, -0.2) is 0 Å². The molecule has 0 radical (unpaired) electrons. The van der Waals surface area contributed by atoms with Gasteiger partial charge in [-0.15, -0.1) is 0 Å². The first-order chi connectivity index (χ1) is 8.65. The average Bonchev–Trinajstić information content (AvgIpc) is 3.16. The highest BCUT2D eigenvalue weighted by Crippen LogP contribution is 2.37. The van der Waals surface area contributed by atoms with Crippen LogP contribution in [0.1, 0.15) is 65.2 Å². The van der Waals surface area contributed by atoms with Crippen LogP contribution in [0.3, 0.4) is 0 Å². The molecule has 18 heavy (non-hydrogen) atoms. The minimum atomic E-state index is 0.204. The fourth-order valence-corrected chi connectivity index (χ4v) is 3.37. The van der Waals surface area contributed by atoms with Crippen LogP contribution in [0, 0.1) is 11.3 Å². The maximum Gasteiger partial charge on any atom is 0.0499 e. The summed E-state index contributed by atoms with van der Waals surface area (Å²) in [4.78, 5) is 2.64. The van der Waals surface area contributed by atoms with Crippen LogP contribution < -0.4 is 0 Å². The summed E-state index contributed by atoms with van der Waals surface area (Å²) in [5.41, 5.74) is 0.204. The van der Waals surface area contributed by atoms with Crippen LogP contribution in [-0.2, 0) is 0 Å². The second-order valence-corrected chi connectivity index (χ2v) is 7.04. The highest BCUT2D eigenvalue weighted by Gasteiger charge is 2.35. The first-order valence-corrected chi connectivity index (χ1v) is 8.00. The first kappa shape index (κ1) is 14.3. The largest absolute Gasteiger partial charge is 0.396 e. The maximum absolute atomic E-state index is 9.92. The molecule has 0 saturated heterocycles.